The van der Waals surface area contributed by atoms with Crippen LogP contribution in [0.1, 0.15) is 40.9 Å². The molecule has 200 valence electrons. The van der Waals surface area contributed by atoms with Crippen LogP contribution >= 0.6 is 0 Å². The maximum Gasteiger partial charge on any atom is 0.257 e. The monoisotopic (exact) mass is 524 g/mol. The van der Waals surface area contributed by atoms with Gasteiger partial charge in [0.05, 0.1) is 37.5 Å². The number of ether oxygens (including phenoxy) is 2. The van der Waals surface area contributed by atoms with Crippen molar-refractivity contribution >= 4 is 34.4 Å². The molecule has 1 amide bonds. The Kier molecular flexibility index (Phi) is 8.56. The highest BCUT2D eigenvalue weighted by atomic mass is 16.5. The van der Waals surface area contributed by atoms with Gasteiger partial charge in [0.15, 0.2) is 17.3 Å². The fourth-order valence-corrected chi connectivity index (χ4v) is 4.32. The molecule has 0 aliphatic heterocycles. The highest BCUT2D eigenvalue weighted by molar-refractivity contribution is 6.11. The molecular formula is C31H32N4O4. The molecule has 0 saturated heterocycles. The van der Waals surface area contributed by atoms with Gasteiger partial charge in [-0.05, 0) is 60.4 Å². The van der Waals surface area contributed by atoms with Crippen LogP contribution in [0.15, 0.2) is 77.8 Å². The van der Waals surface area contributed by atoms with Gasteiger partial charge in [-0.15, -0.1) is 0 Å². The number of methoxy groups -OCH3 is 2. The van der Waals surface area contributed by atoms with E-state index in [1.807, 2.05) is 53.1 Å². The SMILES string of the molecule is CCc1cccc(C(=O)Nc2nc3cc(OC)c(OC)cc3n2Cc2cccc(C(/C=C\C(C)=O)=N/C)c2)c1. The summed E-state index contributed by atoms with van der Waals surface area (Å²) in [6.45, 7) is 3.97. The Morgan fingerprint density at radius 3 is 2.28 bits per heavy atom. The van der Waals surface area contributed by atoms with Crippen molar-refractivity contribution in [2.45, 2.75) is 26.8 Å². The normalized spacial score (nSPS) is 11.7. The van der Waals surface area contributed by atoms with Gasteiger partial charge in [-0.2, -0.15) is 0 Å². The maximum absolute atomic E-state index is 13.3. The molecule has 1 aromatic heterocycles. The summed E-state index contributed by atoms with van der Waals surface area (Å²) in [6.07, 6.45) is 4.04. The molecule has 0 aliphatic carbocycles. The fraction of sp³-hybridized carbons (Fsp3) is 0.226. The molecule has 0 fully saturated rings. The Morgan fingerprint density at radius 2 is 1.62 bits per heavy atom. The molecule has 0 spiro atoms. The van der Waals surface area contributed by atoms with Crippen molar-refractivity contribution in [3.8, 4) is 11.5 Å². The van der Waals surface area contributed by atoms with Gasteiger partial charge in [0.1, 0.15) is 0 Å². The van der Waals surface area contributed by atoms with Crippen molar-refractivity contribution in [2.24, 2.45) is 4.99 Å². The van der Waals surface area contributed by atoms with Gasteiger partial charge in [0.2, 0.25) is 5.95 Å². The molecule has 0 saturated carbocycles. The Bertz CT molecular complexity index is 1580. The molecule has 1 N–H and O–H groups in total. The highest BCUT2D eigenvalue weighted by Gasteiger charge is 2.18. The number of ketones is 1. The number of nitrogens with zero attached hydrogens (tertiary/aromatic N) is 3. The van der Waals surface area contributed by atoms with Gasteiger partial charge in [-0.25, -0.2) is 4.98 Å². The summed E-state index contributed by atoms with van der Waals surface area (Å²) in [5.74, 6) is 1.21. The molecule has 0 radical (unpaired) electrons. The minimum absolute atomic E-state index is 0.0496. The van der Waals surface area contributed by atoms with Crippen LogP contribution in [0.3, 0.4) is 0 Å². The first-order valence-corrected chi connectivity index (χ1v) is 12.6. The lowest BCUT2D eigenvalue weighted by Gasteiger charge is -2.13. The predicted molar refractivity (Wildman–Crippen MR) is 154 cm³/mol. The fourth-order valence-electron chi connectivity index (χ4n) is 4.32. The molecule has 39 heavy (non-hydrogen) atoms. The molecule has 0 aliphatic rings. The molecule has 8 heteroatoms. The van der Waals surface area contributed by atoms with Crippen molar-refractivity contribution in [3.63, 3.8) is 0 Å². The molecule has 0 atom stereocenters. The number of imidazole rings is 1. The lowest BCUT2D eigenvalue weighted by Crippen LogP contribution is -2.16. The Morgan fingerprint density at radius 1 is 0.949 bits per heavy atom. The van der Waals surface area contributed by atoms with Gasteiger partial charge in [-0.3, -0.25) is 19.9 Å². The van der Waals surface area contributed by atoms with Crippen LogP contribution in [-0.4, -0.2) is 48.2 Å². The minimum atomic E-state index is -0.246. The first-order chi connectivity index (χ1) is 18.9. The molecule has 3 aromatic carbocycles. The van der Waals surface area contributed by atoms with Gasteiger partial charge >= 0.3 is 0 Å². The molecular weight excluding hydrogens is 492 g/mol. The second-order valence-electron chi connectivity index (χ2n) is 8.98. The first kappa shape index (κ1) is 27.3. The Hall–Kier alpha value is -4.72. The first-order valence-electron chi connectivity index (χ1n) is 12.6. The van der Waals surface area contributed by atoms with Crippen molar-refractivity contribution in [1.29, 1.82) is 0 Å². The van der Waals surface area contributed by atoms with E-state index < -0.39 is 0 Å². The van der Waals surface area contributed by atoms with Crippen LogP contribution in [0, 0.1) is 0 Å². The van der Waals surface area contributed by atoms with E-state index in [0.717, 1.165) is 28.6 Å². The molecule has 0 unspecified atom stereocenters. The molecule has 0 bridgehead atoms. The van der Waals surface area contributed by atoms with Crippen molar-refractivity contribution in [1.82, 2.24) is 9.55 Å². The summed E-state index contributed by atoms with van der Waals surface area (Å²) in [4.78, 5) is 33.8. The van der Waals surface area contributed by atoms with E-state index >= 15 is 0 Å². The van der Waals surface area contributed by atoms with E-state index in [-0.39, 0.29) is 11.7 Å². The van der Waals surface area contributed by atoms with Crippen molar-refractivity contribution in [2.75, 3.05) is 26.6 Å². The lowest BCUT2D eigenvalue weighted by molar-refractivity contribution is -0.112. The average Bonchev–Trinajstić information content (AvgIpc) is 3.27. The van der Waals surface area contributed by atoms with Crippen LogP contribution in [0.25, 0.3) is 11.0 Å². The van der Waals surface area contributed by atoms with Gasteiger partial charge in [-0.1, -0.05) is 37.3 Å². The molecule has 1 heterocycles. The summed E-state index contributed by atoms with van der Waals surface area (Å²) in [5, 5.41) is 3.00. The number of hydrogen-bond acceptors (Lipinski definition) is 6. The number of anilines is 1. The van der Waals surface area contributed by atoms with E-state index in [2.05, 4.69) is 17.2 Å². The Labute approximate surface area is 228 Å². The van der Waals surface area contributed by atoms with Crippen LogP contribution < -0.4 is 14.8 Å². The third-order valence-electron chi connectivity index (χ3n) is 6.36. The van der Waals surface area contributed by atoms with Crippen LogP contribution in [-0.2, 0) is 17.8 Å². The maximum atomic E-state index is 13.3. The van der Waals surface area contributed by atoms with E-state index in [4.69, 9.17) is 14.5 Å². The third kappa shape index (κ3) is 6.23. The molecule has 8 nitrogen and oxygen atoms in total. The molecule has 4 rings (SSSR count). The van der Waals surface area contributed by atoms with Crippen LogP contribution in [0.4, 0.5) is 5.95 Å². The predicted octanol–water partition coefficient (Wildman–Crippen LogP) is 5.48. The number of nitrogens with one attached hydrogen (secondary N) is 1. The third-order valence-corrected chi connectivity index (χ3v) is 6.36. The summed E-state index contributed by atoms with van der Waals surface area (Å²) in [7, 11) is 4.84. The summed E-state index contributed by atoms with van der Waals surface area (Å²) in [5.41, 5.74) is 5.60. The van der Waals surface area contributed by atoms with Gasteiger partial charge in [0.25, 0.3) is 5.91 Å². The Balaban J connectivity index is 1.77. The molecule has 4 aromatic rings. The van der Waals surface area contributed by atoms with E-state index in [9.17, 15) is 9.59 Å². The number of aliphatic imine (C=N–C) groups is 1. The lowest BCUT2D eigenvalue weighted by atomic mass is 10.1. The standard InChI is InChI=1S/C31H32N4O4/c1-6-21-9-7-12-24(15-21)30(37)34-31-33-26-17-28(38-4)29(39-5)18-27(26)35(31)19-22-10-8-11-23(16-22)25(32-3)14-13-20(2)36/h7-18H,6,19H2,1-5H3,(H,33,34,37)/b14-13-,32-25+. The number of fused-ring (bicyclic) bond motifs is 1. The zero-order chi connectivity index (χ0) is 27.9. The van der Waals surface area contributed by atoms with Crippen LogP contribution in [0.5, 0.6) is 11.5 Å². The minimum Gasteiger partial charge on any atom is -0.493 e. The number of rotatable bonds is 10. The average molecular weight is 525 g/mol. The number of allylic oxidation sites excluding steroid dienone is 2. The number of amides is 1. The number of aromatic nitrogens is 2. The topological polar surface area (TPSA) is 94.8 Å². The van der Waals surface area contributed by atoms with E-state index in [1.54, 1.807) is 39.5 Å². The van der Waals surface area contributed by atoms with Crippen molar-refractivity contribution < 1.29 is 19.1 Å². The largest absolute Gasteiger partial charge is 0.493 e. The number of aryl methyl sites for hydroxylation is 1. The van der Waals surface area contributed by atoms with Gasteiger partial charge < -0.3 is 14.0 Å². The highest BCUT2D eigenvalue weighted by Crippen LogP contribution is 2.34. The zero-order valence-corrected chi connectivity index (χ0v) is 22.8. The summed E-state index contributed by atoms with van der Waals surface area (Å²) in [6, 6.07) is 19.1. The smallest absolute Gasteiger partial charge is 0.257 e. The number of carbonyl (C=O) groups is 2. The second-order valence-corrected chi connectivity index (χ2v) is 8.98. The van der Waals surface area contributed by atoms with E-state index in [1.165, 1.54) is 13.0 Å². The van der Waals surface area contributed by atoms with Crippen LogP contribution in [0.2, 0.25) is 0 Å². The second kappa shape index (κ2) is 12.2. The summed E-state index contributed by atoms with van der Waals surface area (Å²) < 4.78 is 13.0. The van der Waals surface area contributed by atoms with E-state index in [0.29, 0.717) is 40.8 Å². The summed E-state index contributed by atoms with van der Waals surface area (Å²) >= 11 is 0. The quantitative estimate of drug-likeness (QED) is 0.219. The number of carbonyl (C=O) groups excluding carboxylic acids is 2. The van der Waals surface area contributed by atoms with Gasteiger partial charge in [0, 0.05) is 24.7 Å². The number of hydrogen-bond donors (Lipinski definition) is 1. The van der Waals surface area contributed by atoms with Crippen molar-refractivity contribution in [3.05, 3.63) is 95.1 Å². The number of benzene rings is 3. The zero-order valence-electron chi connectivity index (χ0n) is 22.8.